The first-order chi connectivity index (χ1) is 12.1. The monoisotopic (exact) mass is 336 g/mol. The molecule has 0 radical (unpaired) electrons. The van der Waals surface area contributed by atoms with Gasteiger partial charge in [-0.25, -0.2) is 9.59 Å². The fourth-order valence-corrected chi connectivity index (χ4v) is 3.57. The molecule has 5 nitrogen and oxygen atoms in total. The van der Waals surface area contributed by atoms with Crippen LogP contribution in [-0.4, -0.2) is 11.9 Å². The van der Waals surface area contributed by atoms with Gasteiger partial charge in [-0.1, -0.05) is 31.7 Å². The van der Waals surface area contributed by atoms with Crippen molar-refractivity contribution in [3.8, 4) is 0 Å². The van der Waals surface area contributed by atoms with E-state index in [1.165, 1.54) is 6.08 Å². The van der Waals surface area contributed by atoms with Crippen LogP contribution in [0.4, 0.5) is 0 Å². The van der Waals surface area contributed by atoms with Crippen LogP contribution in [0.5, 0.6) is 0 Å². The molecule has 2 aliphatic rings. The Bertz CT molecular complexity index is 904. The summed E-state index contributed by atoms with van der Waals surface area (Å²) in [5.41, 5.74) is 4.43. The van der Waals surface area contributed by atoms with Gasteiger partial charge in [0.25, 0.3) is 0 Å². The lowest BCUT2D eigenvalue weighted by molar-refractivity contribution is -0.139. The number of esters is 2. The number of ether oxygens (including phenoxy) is 2. The van der Waals surface area contributed by atoms with Crippen LogP contribution >= 0.6 is 0 Å². The second-order valence-electron chi connectivity index (χ2n) is 6.09. The van der Waals surface area contributed by atoms with Gasteiger partial charge in [-0.2, -0.15) is 0 Å². The van der Waals surface area contributed by atoms with Crippen LogP contribution in [0.2, 0.25) is 0 Å². The first-order valence-corrected chi connectivity index (χ1v) is 8.00. The number of carbonyl (C=O) groups is 2. The molecule has 0 saturated carbocycles. The summed E-state index contributed by atoms with van der Waals surface area (Å²) in [5.74, 6) is -0.862. The molecule has 1 aromatic heterocycles. The maximum Gasteiger partial charge on any atom is 0.339 e. The molecule has 0 unspecified atom stereocenters. The van der Waals surface area contributed by atoms with Crippen LogP contribution in [0.25, 0.3) is 0 Å². The van der Waals surface area contributed by atoms with Crippen LogP contribution in [0.3, 0.4) is 0 Å². The average Bonchev–Trinajstić information content (AvgIpc) is 3.33. The predicted octanol–water partition coefficient (Wildman–Crippen LogP) is 3.83. The Morgan fingerprint density at radius 3 is 2.80 bits per heavy atom. The molecule has 5 heteroatoms. The topological polar surface area (TPSA) is 65.7 Å². The highest BCUT2D eigenvalue weighted by atomic mass is 16.6. The standard InChI is InChI=1S/C20H16O5/c1-3-13-17(18(25-20(13)22)12-7-8-23-9-12)11(2)14-5-4-6-15-16(14)10-24-19(15)21/h3-9,11,18H,1,10H2,2H3/t11-,18+/m1/s1. The lowest BCUT2D eigenvalue weighted by Gasteiger charge is -2.21. The van der Waals surface area contributed by atoms with Crippen molar-refractivity contribution < 1.29 is 23.5 Å². The summed E-state index contributed by atoms with van der Waals surface area (Å²) in [7, 11) is 0. The van der Waals surface area contributed by atoms with E-state index in [0.29, 0.717) is 11.1 Å². The molecular formula is C20H16O5. The van der Waals surface area contributed by atoms with Crippen molar-refractivity contribution in [3.05, 3.63) is 82.8 Å². The molecule has 0 bridgehead atoms. The minimum atomic E-state index is -0.525. The highest BCUT2D eigenvalue weighted by molar-refractivity contribution is 5.96. The van der Waals surface area contributed by atoms with Crippen molar-refractivity contribution in [2.75, 3.05) is 0 Å². The number of carbonyl (C=O) groups excluding carboxylic acids is 2. The molecule has 1 aromatic carbocycles. The first-order valence-electron chi connectivity index (χ1n) is 8.00. The highest BCUT2D eigenvalue weighted by Crippen LogP contribution is 2.45. The van der Waals surface area contributed by atoms with Crippen LogP contribution in [0.15, 0.2) is 65.0 Å². The Balaban J connectivity index is 1.84. The Hall–Kier alpha value is -3.08. The van der Waals surface area contributed by atoms with E-state index in [4.69, 9.17) is 13.9 Å². The molecule has 2 atom stereocenters. The zero-order chi connectivity index (χ0) is 17.6. The Labute approximate surface area is 144 Å². The second-order valence-corrected chi connectivity index (χ2v) is 6.09. The van der Waals surface area contributed by atoms with Gasteiger partial charge in [-0.3, -0.25) is 0 Å². The van der Waals surface area contributed by atoms with Gasteiger partial charge < -0.3 is 13.9 Å². The molecular weight excluding hydrogens is 320 g/mol. The molecule has 25 heavy (non-hydrogen) atoms. The van der Waals surface area contributed by atoms with E-state index in [0.717, 1.165) is 22.3 Å². The Morgan fingerprint density at radius 1 is 1.24 bits per heavy atom. The van der Waals surface area contributed by atoms with Gasteiger partial charge in [-0.15, -0.1) is 0 Å². The number of hydrogen-bond acceptors (Lipinski definition) is 5. The summed E-state index contributed by atoms with van der Waals surface area (Å²) in [5, 5.41) is 0. The lowest BCUT2D eigenvalue weighted by Crippen LogP contribution is -2.09. The average molecular weight is 336 g/mol. The van der Waals surface area contributed by atoms with E-state index in [2.05, 4.69) is 6.58 Å². The van der Waals surface area contributed by atoms with E-state index in [-0.39, 0.29) is 18.5 Å². The lowest BCUT2D eigenvalue weighted by atomic mass is 9.83. The predicted molar refractivity (Wildman–Crippen MR) is 88.7 cm³/mol. The smallest absolute Gasteiger partial charge is 0.339 e. The van der Waals surface area contributed by atoms with Crippen LogP contribution in [-0.2, 0) is 20.9 Å². The zero-order valence-corrected chi connectivity index (χ0v) is 13.7. The van der Waals surface area contributed by atoms with Crippen LogP contribution in [0, 0.1) is 0 Å². The molecule has 126 valence electrons. The maximum atomic E-state index is 12.3. The van der Waals surface area contributed by atoms with E-state index in [1.54, 1.807) is 24.7 Å². The largest absolute Gasteiger partial charge is 0.472 e. The third kappa shape index (κ3) is 2.31. The molecule has 0 amide bonds. The van der Waals surface area contributed by atoms with E-state index in [1.807, 2.05) is 19.1 Å². The molecule has 0 N–H and O–H groups in total. The highest BCUT2D eigenvalue weighted by Gasteiger charge is 2.38. The minimum Gasteiger partial charge on any atom is -0.472 e. The normalized spacial score (nSPS) is 20.3. The number of rotatable bonds is 4. The summed E-state index contributed by atoms with van der Waals surface area (Å²) in [6.45, 7) is 6.00. The molecule has 0 fully saturated rings. The summed E-state index contributed by atoms with van der Waals surface area (Å²) in [4.78, 5) is 24.1. The van der Waals surface area contributed by atoms with Crippen molar-refractivity contribution in [2.24, 2.45) is 0 Å². The van der Waals surface area contributed by atoms with Crippen LogP contribution < -0.4 is 0 Å². The number of benzene rings is 1. The fourth-order valence-electron chi connectivity index (χ4n) is 3.57. The summed E-state index contributed by atoms with van der Waals surface area (Å²) in [6, 6.07) is 7.32. The Morgan fingerprint density at radius 2 is 2.08 bits per heavy atom. The van der Waals surface area contributed by atoms with Crippen molar-refractivity contribution in [1.82, 2.24) is 0 Å². The van der Waals surface area contributed by atoms with E-state index in [9.17, 15) is 9.59 Å². The summed E-state index contributed by atoms with van der Waals surface area (Å²) in [6.07, 6.45) is 4.12. The van der Waals surface area contributed by atoms with E-state index < -0.39 is 12.1 Å². The number of fused-ring (bicyclic) bond motifs is 1. The molecule has 3 heterocycles. The van der Waals surface area contributed by atoms with Crippen molar-refractivity contribution in [1.29, 1.82) is 0 Å². The molecule has 2 aromatic rings. The van der Waals surface area contributed by atoms with Crippen molar-refractivity contribution >= 4 is 11.9 Å². The minimum absolute atomic E-state index is 0.149. The fraction of sp³-hybridized carbons (Fsp3) is 0.200. The molecule has 2 aliphatic heterocycles. The van der Waals surface area contributed by atoms with E-state index >= 15 is 0 Å². The number of furan rings is 1. The quantitative estimate of drug-likeness (QED) is 0.794. The molecule has 4 rings (SSSR count). The van der Waals surface area contributed by atoms with Gasteiger partial charge in [0, 0.05) is 17.0 Å². The summed E-state index contributed by atoms with van der Waals surface area (Å²) >= 11 is 0. The van der Waals surface area contributed by atoms with Gasteiger partial charge in [0.1, 0.15) is 6.61 Å². The zero-order valence-electron chi connectivity index (χ0n) is 13.7. The van der Waals surface area contributed by atoms with Crippen LogP contribution in [0.1, 0.15) is 46.0 Å². The number of hydrogen-bond donors (Lipinski definition) is 0. The van der Waals surface area contributed by atoms with Gasteiger partial charge >= 0.3 is 11.9 Å². The van der Waals surface area contributed by atoms with Gasteiger partial charge in [0.2, 0.25) is 0 Å². The second kappa shape index (κ2) is 5.77. The maximum absolute atomic E-state index is 12.3. The van der Waals surface area contributed by atoms with Gasteiger partial charge in [0.05, 0.1) is 23.7 Å². The Kier molecular flexibility index (Phi) is 3.57. The third-order valence-electron chi connectivity index (χ3n) is 4.80. The van der Waals surface area contributed by atoms with Crippen molar-refractivity contribution in [2.45, 2.75) is 25.6 Å². The van der Waals surface area contributed by atoms with Gasteiger partial charge in [0.15, 0.2) is 6.10 Å². The first kappa shape index (κ1) is 15.4. The summed E-state index contributed by atoms with van der Waals surface area (Å²) < 4.78 is 15.9. The molecule has 0 aliphatic carbocycles. The third-order valence-corrected chi connectivity index (χ3v) is 4.80. The van der Waals surface area contributed by atoms with Crippen molar-refractivity contribution in [3.63, 3.8) is 0 Å². The number of cyclic esters (lactones) is 2. The van der Waals surface area contributed by atoms with Gasteiger partial charge in [-0.05, 0) is 23.3 Å². The molecule has 0 spiro atoms. The SMILES string of the molecule is C=CC1=C([C@H](C)c2cccc3c2COC3=O)[C@H](c2ccoc2)OC1=O. The molecule has 0 saturated heterocycles.